The molecule has 5 aromatic rings. The van der Waals surface area contributed by atoms with E-state index in [-0.39, 0.29) is 5.41 Å². The van der Waals surface area contributed by atoms with Crippen LogP contribution in [-0.4, -0.2) is 14.8 Å². The standard InChI is InChI=1S/C44H55N3/c1-11-12-13-14-16-33-26-39(29(2)3)41(40(27-33)30(4)5)47-43(45-42(46-47)37-24-31(6)23-32(7)25-37)36-18-15-17-35(28-36)34-19-21-38(22-20-34)44(8,9)10/h15,17-30H,11-14,16H2,1-10H3. The van der Waals surface area contributed by atoms with Gasteiger partial charge < -0.3 is 0 Å². The van der Waals surface area contributed by atoms with Crippen LogP contribution in [-0.2, 0) is 11.8 Å². The molecule has 0 spiro atoms. The van der Waals surface area contributed by atoms with Crippen LogP contribution in [0, 0.1) is 13.8 Å². The van der Waals surface area contributed by atoms with Gasteiger partial charge in [0.25, 0.3) is 0 Å². The Morgan fingerprint density at radius 2 is 1.28 bits per heavy atom. The van der Waals surface area contributed by atoms with Crippen LogP contribution in [0.2, 0.25) is 0 Å². The lowest BCUT2D eigenvalue weighted by Gasteiger charge is -2.22. The molecule has 1 heterocycles. The molecule has 3 nitrogen and oxygen atoms in total. The second-order valence-electron chi connectivity index (χ2n) is 15.2. The molecule has 4 aromatic carbocycles. The molecular formula is C44H55N3. The van der Waals surface area contributed by atoms with Crippen molar-refractivity contribution in [2.75, 3.05) is 0 Å². The molecule has 0 fully saturated rings. The van der Waals surface area contributed by atoms with Crippen LogP contribution in [0.25, 0.3) is 39.6 Å². The minimum absolute atomic E-state index is 0.120. The third-order valence-electron chi connectivity index (χ3n) is 9.30. The van der Waals surface area contributed by atoms with E-state index in [0.29, 0.717) is 11.8 Å². The van der Waals surface area contributed by atoms with E-state index >= 15 is 0 Å². The highest BCUT2D eigenvalue weighted by Crippen LogP contribution is 2.37. The number of aryl methyl sites for hydroxylation is 3. The van der Waals surface area contributed by atoms with Gasteiger partial charge in [0.1, 0.15) is 0 Å². The van der Waals surface area contributed by atoms with Gasteiger partial charge in [-0.25, -0.2) is 9.67 Å². The van der Waals surface area contributed by atoms with E-state index in [1.54, 1.807) is 0 Å². The van der Waals surface area contributed by atoms with E-state index in [2.05, 4.69) is 153 Å². The first-order chi connectivity index (χ1) is 22.3. The van der Waals surface area contributed by atoms with E-state index in [0.717, 1.165) is 29.2 Å². The van der Waals surface area contributed by atoms with Crippen LogP contribution in [0.4, 0.5) is 0 Å². The molecule has 246 valence electrons. The summed E-state index contributed by atoms with van der Waals surface area (Å²) < 4.78 is 2.17. The smallest absolute Gasteiger partial charge is 0.182 e. The van der Waals surface area contributed by atoms with Crippen molar-refractivity contribution in [3.8, 4) is 39.6 Å². The summed E-state index contributed by atoms with van der Waals surface area (Å²) >= 11 is 0. The summed E-state index contributed by atoms with van der Waals surface area (Å²) in [4.78, 5) is 5.34. The summed E-state index contributed by atoms with van der Waals surface area (Å²) in [6.45, 7) is 22.6. The fourth-order valence-electron chi connectivity index (χ4n) is 6.65. The second-order valence-corrected chi connectivity index (χ2v) is 15.2. The number of hydrogen-bond donors (Lipinski definition) is 0. The molecule has 1 aromatic heterocycles. The van der Waals surface area contributed by atoms with Gasteiger partial charge in [0, 0.05) is 11.1 Å². The van der Waals surface area contributed by atoms with Crippen LogP contribution in [0.3, 0.4) is 0 Å². The van der Waals surface area contributed by atoms with E-state index in [1.165, 1.54) is 75.9 Å². The molecule has 5 rings (SSSR count). The van der Waals surface area contributed by atoms with E-state index in [1.807, 2.05) is 0 Å². The lowest BCUT2D eigenvalue weighted by Crippen LogP contribution is -2.11. The normalized spacial score (nSPS) is 12.0. The van der Waals surface area contributed by atoms with Gasteiger partial charge in [0.15, 0.2) is 11.6 Å². The Morgan fingerprint density at radius 3 is 1.85 bits per heavy atom. The molecule has 0 aliphatic carbocycles. The van der Waals surface area contributed by atoms with Crippen molar-refractivity contribution in [1.29, 1.82) is 0 Å². The number of benzene rings is 4. The zero-order chi connectivity index (χ0) is 33.9. The van der Waals surface area contributed by atoms with Crippen molar-refractivity contribution in [1.82, 2.24) is 14.8 Å². The van der Waals surface area contributed by atoms with Gasteiger partial charge in [-0.2, -0.15) is 0 Å². The average Bonchev–Trinajstić information content (AvgIpc) is 3.47. The topological polar surface area (TPSA) is 30.7 Å². The van der Waals surface area contributed by atoms with E-state index in [4.69, 9.17) is 10.1 Å². The Balaban J connectivity index is 1.71. The molecule has 0 aliphatic rings. The molecule has 47 heavy (non-hydrogen) atoms. The first-order valence-corrected chi connectivity index (χ1v) is 17.8. The number of rotatable bonds is 11. The van der Waals surface area contributed by atoms with Crippen LogP contribution >= 0.6 is 0 Å². The van der Waals surface area contributed by atoms with E-state index < -0.39 is 0 Å². The number of aromatic nitrogens is 3. The predicted octanol–water partition coefficient (Wildman–Crippen LogP) is 12.6. The van der Waals surface area contributed by atoms with Crippen molar-refractivity contribution in [2.24, 2.45) is 0 Å². The zero-order valence-electron chi connectivity index (χ0n) is 30.5. The maximum atomic E-state index is 5.36. The van der Waals surface area contributed by atoms with Crippen molar-refractivity contribution in [2.45, 2.75) is 119 Å². The third kappa shape index (κ3) is 7.95. The Hall–Kier alpha value is -3.98. The fourth-order valence-corrected chi connectivity index (χ4v) is 6.65. The van der Waals surface area contributed by atoms with Crippen molar-refractivity contribution >= 4 is 0 Å². The van der Waals surface area contributed by atoms with Crippen LogP contribution < -0.4 is 0 Å². The van der Waals surface area contributed by atoms with Crippen LogP contribution in [0.15, 0.2) is 78.9 Å². The Bertz CT molecular complexity index is 1760. The zero-order valence-corrected chi connectivity index (χ0v) is 30.5. The molecule has 0 amide bonds. The fraction of sp³-hybridized carbons (Fsp3) is 0.409. The average molecular weight is 626 g/mol. The van der Waals surface area contributed by atoms with Crippen molar-refractivity contribution in [3.63, 3.8) is 0 Å². The highest BCUT2D eigenvalue weighted by molar-refractivity contribution is 5.73. The summed E-state index contributed by atoms with van der Waals surface area (Å²) in [7, 11) is 0. The van der Waals surface area contributed by atoms with Gasteiger partial charge in [-0.1, -0.05) is 146 Å². The molecule has 3 heteroatoms. The Kier molecular flexibility index (Phi) is 10.5. The van der Waals surface area contributed by atoms with Gasteiger partial charge in [0.2, 0.25) is 0 Å². The first kappa shape index (κ1) is 34.4. The van der Waals surface area contributed by atoms with Gasteiger partial charge >= 0.3 is 0 Å². The number of hydrogen-bond acceptors (Lipinski definition) is 2. The summed E-state index contributed by atoms with van der Waals surface area (Å²) in [5.74, 6) is 2.33. The lowest BCUT2D eigenvalue weighted by atomic mass is 9.86. The largest absolute Gasteiger partial charge is 0.212 e. The first-order valence-electron chi connectivity index (χ1n) is 17.8. The Morgan fingerprint density at radius 1 is 0.660 bits per heavy atom. The summed E-state index contributed by atoms with van der Waals surface area (Å²) in [6.07, 6.45) is 6.20. The molecule has 0 aliphatic heterocycles. The quantitative estimate of drug-likeness (QED) is 0.137. The maximum Gasteiger partial charge on any atom is 0.182 e. The van der Waals surface area contributed by atoms with Gasteiger partial charge in [-0.05, 0) is 95.5 Å². The van der Waals surface area contributed by atoms with Gasteiger partial charge in [0.05, 0.1) is 5.69 Å². The van der Waals surface area contributed by atoms with Gasteiger partial charge in [-0.3, -0.25) is 0 Å². The molecule has 0 radical (unpaired) electrons. The minimum atomic E-state index is 0.120. The van der Waals surface area contributed by atoms with E-state index in [9.17, 15) is 0 Å². The summed E-state index contributed by atoms with van der Waals surface area (Å²) in [5.41, 5.74) is 13.7. The van der Waals surface area contributed by atoms with Crippen LogP contribution in [0.5, 0.6) is 0 Å². The second kappa shape index (κ2) is 14.4. The molecule has 0 bridgehead atoms. The minimum Gasteiger partial charge on any atom is -0.212 e. The van der Waals surface area contributed by atoms with Crippen molar-refractivity contribution < 1.29 is 0 Å². The number of nitrogens with zero attached hydrogens (tertiary/aromatic N) is 3. The molecule has 0 atom stereocenters. The number of unbranched alkanes of at least 4 members (excludes halogenated alkanes) is 3. The van der Waals surface area contributed by atoms with Crippen molar-refractivity contribution in [3.05, 3.63) is 112 Å². The van der Waals surface area contributed by atoms with Crippen LogP contribution in [0.1, 0.15) is 126 Å². The Labute approximate surface area is 284 Å². The molecule has 0 saturated heterocycles. The lowest BCUT2D eigenvalue weighted by molar-refractivity contribution is 0.590. The monoisotopic (exact) mass is 625 g/mol. The molecule has 0 N–H and O–H groups in total. The molecule has 0 unspecified atom stereocenters. The third-order valence-corrected chi connectivity index (χ3v) is 9.30. The summed E-state index contributed by atoms with van der Waals surface area (Å²) in [6, 6.07) is 29.4. The molecule has 0 saturated carbocycles. The summed E-state index contributed by atoms with van der Waals surface area (Å²) in [5, 5.41) is 5.36. The SMILES string of the molecule is CCCCCCc1cc(C(C)C)c(-n2nc(-c3cc(C)cc(C)c3)nc2-c2cccc(-c3ccc(C(C)(C)C)cc3)c2)c(C(C)C)c1. The highest BCUT2D eigenvalue weighted by Gasteiger charge is 2.24. The predicted molar refractivity (Wildman–Crippen MR) is 202 cm³/mol. The van der Waals surface area contributed by atoms with Gasteiger partial charge in [-0.15, -0.1) is 5.10 Å². The highest BCUT2D eigenvalue weighted by atomic mass is 15.4. The molecular weight excluding hydrogens is 571 g/mol. The maximum absolute atomic E-state index is 5.36.